The second kappa shape index (κ2) is 22.8. The van der Waals surface area contributed by atoms with Gasteiger partial charge in [-0.05, 0) is 50.3 Å². The molecule has 1 saturated heterocycles. The van der Waals surface area contributed by atoms with Crippen LogP contribution in [0.3, 0.4) is 0 Å². The third-order valence-electron chi connectivity index (χ3n) is 11.3. The summed E-state index contributed by atoms with van der Waals surface area (Å²) in [7, 11) is 9.60. The molecule has 0 unspecified atom stereocenters. The highest BCUT2D eigenvalue weighted by molar-refractivity contribution is 6.05. The van der Waals surface area contributed by atoms with Crippen molar-refractivity contribution >= 4 is 29.3 Å². The number of ether oxygens (including phenoxy) is 4. The minimum Gasteiger partial charge on any atom is -0.497 e. The number of nitrogens with one attached hydrogen (secondary N) is 3. The predicted octanol–water partition coefficient (Wildman–Crippen LogP) is 3.31. The molecule has 0 radical (unpaired) electrons. The van der Waals surface area contributed by atoms with Crippen molar-refractivity contribution < 1.29 is 43.3 Å². The van der Waals surface area contributed by atoms with E-state index in [1.54, 1.807) is 69.1 Å². The normalized spacial score (nSPS) is 20.4. The van der Waals surface area contributed by atoms with Crippen LogP contribution in [0.5, 0.6) is 5.75 Å². The molecule has 2 rings (SSSR count). The van der Waals surface area contributed by atoms with Gasteiger partial charge in [0.15, 0.2) is 0 Å². The van der Waals surface area contributed by atoms with E-state index in [9.17, 15) is 24.4 Å². The molecule has 0 saturated carbocycles. The van der Waals surface area contributed by atoms with E-state index in [0.29, 0.717) is 24.2 Å². The second-order valence-corrected chi connectivity index (χ2v) is 15.7. The first-order valence-electron chi connectivity index (χ1n) is 19.7. The average molecular weight is 791 g/mol. The summed E-state index contributed by atoms with van der Waals surface area (Å²) in [5.74, 6) is -1.49. The number of carbonyl (C=O) groups is 4. The Bertz CT molecular complexity index is 1460. The fourth-order valence-corrected chi connectivity index (χ4v) is 7.79. The molecular formula is C41H70N6O9. The van der Waals surface area contributed by atoms with E-state index < -0.39 is 48.3 Å². The van der Waals surface area contributed by atoms with Crippen LogP contribution < -0.4 is 20.7 Å². The SMILES string of the molecule is CC[C@H](C)[C@@H]([C@@H](CC(=O)N1C[C@H](OC)C[C@H]1[C@H](OC)[C@@H](C)C(=O)N[C@H](C)/C(=N/O)c1cccc(OC)c1)OC)N(C)C(=O)[C@@H](NC(=O)[C@@H](NC)C(C)C)C(C)C. The summed E-state index contributed by atoms with van der Waals surface area (Å²) in [6.07, 6.45) is -0.598. The van der Waals surface area contributed by atoms with Gasteiger partial charge in [0, 0.05) is 40.5 Å². The predicted molar refractivity (Wildman–Crippen MR) is 216 cm³/mol. The zero-order valence-electron chi connectivity index (χ0n) is 36.1. The number of rotatable bonds is 22. The van der Waals surface area contributed by atoms with Gasteiger partial charge in [0.25, 0.3) is 0 Å². The van der Waals surface area contributed by atoms with Gasteiger partial charge in [-0.25, -0.2) is 0 Å². The number of methoxy groups -OCH3 is 4. The second-order valence-electron chi connectivity index (χ2n) is 15.7. The van der Waals surface area contributed by atoms with E-state index in [4.69, 9.17) is 18.9 Å². The third kappa shape index (κ3) is 12.1. The molecule has 10 atom stereocenters. The summed E-state index contributed by atoms with van der Waals surface area (Å²) in [5, 5.41) is 22.3. The van der Waals surface area contributed by atoms with Gasteiger partial charge in [0.2, 0.25) is 23.6 Å². The van der Waals surface area contributed by atoms with Crippen molar-refractivity contribution in [2.45, 2.75) is 123 Å². The average Bonchev–Trinajstić information content (AvgIpc) is 3.61. The minimum atomic E-state index is -0.791. The van der Waals surface area contributed by atoms with E-state index in [2.05, 4.69) is 21.1 Å². The molecule has 0 bridgehead atoms. The van der Waals surface area contributed by atoms with Crippen molar-refractivity contribution in [1.82, 2.24) is 25.8 Å². The summed E-state index contributed by atoms with van der Waals surface area (Å²) in [4.78, 5) is 58.9. The number of oxime groups is 1. The molecule has 1 heterocycles. The highest BCUT2D eigenvalue weighted by Gasteiger charge is 2.46. The lowest BCUT2D eigenvalue weighted by Gasteiger charge is -2.41. The van der Waals surface area contributed by atoms with Gasteiger partial charge in [-0.2, -0.15) is 0 Å². The van der Waals surface area contributed by atoms with Crippen molar-refractivity contribution in [3.63, 3.8) is 0 Å². The van der Waals surface area contributed by atoms with E-state index >= 15 is 0 Å². The van der Waals surface area contributed by atoms with E-state index in [1.807, 2.05) is 41.5 Å². The Kier molecular flexibility index (Phi) is 19.7. The molecule has 1 fully saturated rings. The number of nitrogens with zero attached hydrogens (tertiary/aromatic N) is 3. The lowest BCUT2D eigenvalue weighted by molar-refractivity contribution is -0.148. The molecule has 0 aliphatic carbocycles. The molecule has 15 heteroatoms. The zero-order valence-corrected chi connectivity index (χ0v) is 36.1. The lowest BCUT2D eigenvalue weighted by Crippen LogP contribution is -2.59. The van der Waals surface area contributed by atoms with Crippen LogP contribution in [0.2, 0.25) is 0 Å². The van der Waals surface area contributed by atoms with Crippen molar-refractivity contribution in [2.24, 2.45) is 28.8 Å². The van der Waals surface area contributed by atoms with Crippen LogP contribution in [-0.4, -0.2) is 142 Å². The van der Waals surface area contributed by atoms with Crippen molar-refractivity contribution in [1.29, 1.82) is 0 Å². The maximum absolute atomic E-state index is 14.4. The Morgan fingerprint density at radius 2 is 1.59 bits per heavy atom. The Morgan fingerprint density at radius 1 is 0.946 bits per heavy atom. The highest BCUT2D eigenvalue weighted by Crippen LogP contribution is 2.31. The molecule has 0 aromatic heterocycles. The van der Waals surface area contributed by atoms with E-state index in [1.165, 1.54) is 21.3 Å². The van der Waals surface area contributed by atoms with Gasteiger partial charge < -0.3 is 49.9 Å². The molecule has 4 amide bonds. The molecule has 0 spiro atoms. The van der Waals surface area contributed by atoms with Crippen LogP contribution in [0.4, 0.5) is 0 Å². The largest absolute Gasteiger partial charge is 0.497 e. The molecule has 56 heavy (non-hydrogen) atoms. The molecule has 1 aliphatic heterocycles. The Hall–Kier alpha value is -3.79. The summed E-state index contributed by atoms with van der Waals surface area (Å²) in [6, 6.07) is 4.06. The smallest absolute Gasteiger partial charge is 0.245 e. The van der Waals surface area contributed by atoms with Crippen molar-refractivity contribution in [3.8, 4) is 5.75 Å². The standard InChI is InChI=1S/C41H70N6O9/c1-15-25(6)37(46(10)41(51)35(24(4)5)44-40(50)34(42-9)23(2)3)32(55-13)21-33(48)47-22-30(54-12)20-31(47)38(56-14)26(7)39(49)43-27(8)36(45-52)28-17-16-18-29(19-28)53-11/h16-19,23-27,30-32,34-35,37-38,42,52H,15,20-22H2,1-14H3,(H,43,49)(H,44,50)/b45-36-/t25-,26+,27+,30+,31-,32+,34-,35-,37-,38+/m0/s1. The molecule has 318 valence electrons. The van der Waals surface area contributed by atoms with Gasteiger partial charge in [-0.3, -0.25) is 19.2 Å². The summed E-state index contributed by atoms with van der Waals surface area (Å²) < 4.78 is 23.0. The van der Waals surface area contributed by atoms with Crippen LogP contribution in [0.15, 0.2) is 29.4 Å². The molecule has 1 aromatic rings. The van der Waals surface area contributed by atoms with Gasteiger partial charge >= 0.3 is 0 Å². The molecule has 4 N–H and O–H groups in total. The lowest BCUT2D eigenvalue weighted by atomic mass is 9.89. The topological polar surface area (TPSA) is 180 Å². The first kappa shape index (κ1) is 48.4. The van der Waals surface area contributed by atoms with Gasteiger partial charge in [0.1, 0.15) is 17.5 Å². The Balaban J connectivity index is 2.35. The number of benzene rings is 1. The van der Waals surface area contributed by atoms with Crippen LogP contribution in [0, 0.1) is 23.7 Å². The summed E-state index contributed by atoms with van der Waals surface area (Å²) in [6.45, 7) is 15.4. The molecule has 1 aromatic carbocycles. The number of hydrogen-bond acceptors (Lipinski definition) is 11. The quantitative estimate of drug-likeness (QED) is 0.0774. The van der Waals surface area contributed by atoms with E-state index in [0.717, 1.165) is 0 Å². The van der Waals surface area contributed by atoms with Crippen LogP contribution in [0.25, 0.3) is 0 Å². The third-order valence-corrected chi connectivity index (χ3v) is 11.3. The maximum Gasteiger partial charge on any atom is 0.245 e. The number of carbonyl (C=O) groups excluding carboxylic acids is 4. The number of likely N-dealkylation sites (N-methyl/N-ethyl adjacent to an activating group) is 2. The Morgan fingerprint density at radius 3 is 2.09 bits per heavy atom. The highest BCUT2D eigenvalue weighted by atomic mass is 16.5. The van der Waals surface area contributed by atoms with Crippen LogP contribution in [0.1, 0.15) is 80.2 Å². The van der Waals surface area contributed by atoms with Crippen LogP contribution in [-0.2, 0) is 33.4 Å². The minimum absolute atomic E-state index is 0.0152. The monoisotopic (exact) mass is 791 g/mol. The van der Waals surface area contributed by atoms with Gasteiger partial charge in [0.05, 0.1) is 61.9 Å². The first-order chi connectivity index (χ1) is 26.5. The zero-order chi connectivity index (χ0) is 42.4. The number of likely N-dealkylation sites (tertiary alicyclic amines) is 1. The summed E-state index contributed by atoms with van der Waals surface area (Å²) in [5.41, 5.74) is 0.833. The van der Waals surface area contributed by atoms with Gasteiger partial charge in [-0.1, -0.05) is 72.2 Å². The first-order valence-corrected chi connectivity index (χ1v) is 19.7. The molecule has 1 aliphatic rings. The fraction of sp³-hybridized carbons (Fsp3) is 0.732. The Labute approximate surface area is 334 Å². The summed E-state index contributed by atoms with van der Waals surface area (Å²) >= 11 is 0. The van der Waals surface area contributed by atoms with E-state index in [-0.39, 0.29) is 66.2 Å². The van der Waals surface area contributed by atoms with Crippen molar-refractivity contribution in [2.75, 3.05) is 49.1 Å². The van der Waals surface area contributed by atoms with Crippen molar-refractivity contribution in [3.05, 3.63) is 29.8 Å². The number of hydrogen-bond donors (Lipinski definition) is 4. The van der Waals surface area contributed by atoms with Crippen LogP contribution >= 0.6 is 0 Å². The maximum atomic E-state index is 14.4. The number of amides is 4. The fourth-order valence-electron chi connectivity index (χ4n) is 7.79. The molecular weight excluding hydrogens is 720 g/mol. The molecule has 15 nitrogen and oxygen atoms in total. The van der Waals surface area contributed by atoms with Gasteiger partial charge in [-0.15, -0.1) is 0 Å².